The molecule has 0 N–H and O–H groups in total. The molecular formula is C36H89NO. The van der Waals surface area contributed by atoms with Crippen LogP contribution in [0.2, 0.25) is 0 Å². The summed E-state index contributed by atoms with van der Waals surface area (Å²) in [5.74, 6) is 5.75. The van der Waals surface area contributed by atoms with Crippen LogP contribution in [0.1, 0.15) is 159 Å². The third-order valence-corrected chi connectivity index (χ3v) is 5.93. The van der Waals surface area contributed by atoms with Crippen LogP contribution in [0.4, 0.5) is 0 Å². The van der Waals surface area contributed by atoms with Crippen molar-refractivity contribution in [3.05, 3.63) is 0 Å². The van der Waals surface area contributed by atoms with Crippen molar-refractivity contribution in [2.45, 2.75) is 159 Å². The van der Waals surface area contributed by atoms with Crippen molar-refractivity contribution < 1.29 is 4.74 Å². The molecule has 0 radical (unpaired) electrons. The molecule has 2 heteroatoms. The number of hydrogen-bond acceptors (Lipinski definition) is 2. The van der Waals surface area contributed by atoms with Crippen molar-refractivity contribution in [1.82, 2.24) is 4.90 Å². The van der Waals surface area contributed by atoms with Gasteiger partial charge in [0.25, 0.3) is 0 Å². The van der Waals surface area contributed by atoms with Crippen LogP contribution in [-0.4, -0.2) is 39.3 Å². The fraction of sp³-hybridized carbons (Fsp3) is 1.00. The van der Waals surface area contributed by atoms with Gasteiger partial charge in [0.2, 0.25) is 0 Å². The van der Waals surface area contributed by atoms with Crippen molar-refractivity contribution in [2.24, 2.45) is 46.8 Å². The minimum atomic E-state index is 0. The van der Waals surface area contributed by atoms with Crippen LogP contribution in [0, 0.1) is 46.8 Å². The highest BCUT2D eigenvalue weighted by molar-refractivity contribution is 4.64. The van der Waals surface area contributed by atoms with Gasteiger partial charge < -0.3 is 9.64 Å². The van der Waals surface area contributed by atoms with E-state index in [9.17, 15) is 0 Å². The molecule has 244 valence electrons. The largest absolute Gasteiger partial charge is 0.384 e. The molecule has 0 bridgehead atoms. The molecule has 0 saturated carbocycles. The summed E-state index contributed by atoms with van der Waals surface area (Å²) in [6.45, 7) is 44.3. The quantitative estimate of drug-likeness (QED) is 0.312. The molecule has 2 nitrogen and oxygen atoms in total. The summed E-state index contributed by atoms with van der Waals surface area (Å²) in [6.07, 6.45) is 2.61. The topological polar surface area (TPSA) is 12.5 Å². The summed E-state index contributed by atoms with van der Waals surface area (Å²) in [5, 5.41) is 0. The average Bonchev–Trinajstić information content (AvgIpc) is 2.68. The van der Waals surface area contributed by atoms with Gasteiger partial charge >= 0.3 is 0 Å². The molecule has 0 aromatic carbocycles. The molecule has 0 amide bonds. The lowest BCUT2D eigenvalue weighted by Crippen LogP contribution is -2.17. The van der Waals surface area contributed by atoms with E-state index in [4.69, 9.17) is 4.74 Å². The smallest absolute Gasteiger partial charge is 0.0485 e. The van der Waals surface area contributed by atoms with Crippen LogP contribution < -0.4 is 0 Å². The summed E-state index contributed by atoms with van der Waals surface area (Å²) < 4.78 is 4.80. The number of methoxy groups -OCH3 is 1. The second-order valence-corrected chi connectivity index (χ2v) is 14.1. The van der Waals surface area contributed by atoms with Crippen molar-refractivity contribution in [3.63, 3.8) is 0 Å². The Morgan fingerprint density at radius 3 is 0.789 bits per heavy atom. The minimum Gasteiger partial charge on any atom is -0.384 e. The molecule has 0 spiro atoms. The zero-order valence-corrected chi connectivity index (χ0v) is 30.2. The van der Waals surface area contributed by atoms with E-state index in [1.165, 1.54) is 19.4 Å². The summed E-state index contributed by atoms with van der Waals surface area (Å²) >= 11 is 0. The Morgan fingerprint density at radius 2 is 0.789 bits per heavy atom. The first kappa shape index (κ1) is 57.7. The van der Waals surface area contributed by atoms with Crippen LogP contribution >= 0.6 is 0 Å². The van der Waals surface area contributed by atoms with E-state index in [1.54, 1.807) is 7.11 Å². The van der Waals surface area contributed by atoms with E-state index >= 15 is 0 Å². The predicted molar refractivity (Wildman–Crippen MR) is 188 cm³/mol. The minimum absolute atomic E-state index is 0. The van der Waals surface area contributed by atoms with Gasteiger partial charge in [-0.15, -0.1) is 0 Å². The number of ether oxygens (including phenoxy) is 1. The SMILES string of the molecule is C.C.CC(C)C(C)(C)C.CC(C)C(C)C.CC(C)CN(C)C.CCC(C)C.CCC(C)C.COCC(C)C. The lowest BCUT2D eigenvalue weighted by molar-refractivity contribution is 0.167. The highest BCUT2D eigenvalue weighted by Gasteiger charge is 2.13. The zero-order valence-electron chi connectivity index (χ0n) is 30.2. The van der Waals surface area contributed by atoms with E-state index in [1.807, 2.05) is 0 Å². The normalized spacial score (nSPS) is 10.3. The van der Waals surface area contributed by atoms with Crippen LogP contribution in [0.15, 0.2) is 0 Å². The van der Waals surface area contributed by atoms with Gasteiger partial charge in [0.15, 0.2) is 0 Å². The number of nitrogens with zero attached hydrogens (tertiary/aromatic N) is 1. The average molecular weight is 552 g/mol. The Kier molecular flexibility index (Phi) is 59.4. The second kappa shape index (κ2) is 39.1. The molecule has 0 aromatic heterocycles. The predicted octanol–water partition coefficient (Wildman–Crippen LogP) is 12.9. The van der Waals surface area contributed by atoms with E-state index in [2.05, 4.69) is 151 Å². The maximum absolute atomic E-state index is 4.80. The summed E-state index contributed by atoms with van der Waals surface area (Å²) in [5.41, 5.74) is 0.500. The molecule has 0 aliphatic rings. The molecule has 0 rings (SSSR count). The van der Waals surface area contributed by atoms with Crippen LogP contribution in [-0.2, 0) is 4.74 Å². The Bertz CT molecular complexity index is 327. The molecule has 0 atom stereocenters. The Hall–Kier alpha value is -0.0800. The lowest BCUT2D eigenvalue weighted by Gasteiger charge is -2.22. The fourth-order valence-corrected chi connectivity index (χ4v) is 1.06. The van der Waals surface area contributed by atoms with Crippen LogP contribution in [0.25, 0.3) is 0 Å². The van der Waals surface area contributed by atoms with E-state index in [0.717, 1.165) is 42.1 Å². The van der Waals surface area contributed by atoms with Crippen molar-refractivity contribution >= 4 is 0 Å². The van der Waals surface area contributed by atoms with Gasteiger partial charge in [-0.1, -0.05) is 159 Å². The molecule has 0 aliphatic carbocycles. The number of rotatable bonds is 7. The molecule has 0 unspecified atom stereocenters. The zero-order chi connectivity index (χ0) is 30.7. The van der Waals surface area contributed by atoms with Crippen molar-refractivity contribution in [2.75, 3.05) is 34.4 Å². The molecule has 0 aliphatic heterocycles. The maximum Gasteiger partial charge on any atom is 0.0485 e. The Morgan fingerprint density at radius 1 is 0.553 bits per heavy atom. The van der Waals surface area contributed by atoms with E-state index < -0.39 is 0 Å². The summed E-state index contributed by atoms with van der Waals surface area (Å²) in [4.78, 5) is 2.20. The summed E-state index contributed by atoms with van der Waals surface area (Å²) in [7, 11) is 5.92. The van der Waals surface area contributed by atoms with Gasteiger partial charge in [-0.3, -0.25) is 0 Å². The first-order valence-corrected chi connectivity index (χ1v) is 15.2. The fourth-order valence-electron chi connectivity index (χ4n) is 1.06. The molecular weight excluding hydrogens is 462 g/mol. The van der Waals surface area contributed by atoms with Crippen LogP contribution in [0.3, 0.4) is 0 Å². The van der Waals surface area contributed by atoms with Crippen LogP contribution in [0.5, 0.6) is 0 Å². The highest BCUT2D eigenvalue weighted by atomic mass is 16.5. The van der Waals surface area contributed by atoms with E-state index in [-0.39, 0.29) is 14.9 Å². The van der Waals surface area contributed by atoms with Crippen molar-refractivity contribution in [1.29, 1.82) is 0 Å². The van der Waals surface area contributed by atoms with Gasteiger partial charge in [-0.25, -0.2) is 0 Å². The van der Waals surface area contributed by atoms with Gasteiger partial charge in [-0.2, -0.15) is 0 Å². The first-order valence-electron chi connectivity index (χ1n) is 15.2. The molecule has 38 heavy (non-hydrogen) atoms. The maximum atomic E-state index is 4.80. The van der Waals surface area contributed by atoms with Gasteiger partial charge in [0, 0.05) is 13.7 Å². The lowest BCUT2D eigenvalue weighted by atomic mass is 9.84. The molecule has 0 aromatic rings. The monoisotopic (exact) mass is 552 g/mol. The number of hydrogen-bond donors (Lipinski definition) is 0. The van der Waals surface area contributed by atoms with E-state index in [0.29, 0.717) is 11.3 Å². The second-order valence-electron chi connectivity index (χ2n) is 14.1. The third kappa shape index (κ3) is 100. The van der Waals surface area contributed by atoms with Crippen molar-refractivity contribution in [3.8, 4) is 0 Å². The molecule has 0 heterocycles. The van der Waals surface area contributed by atoms with Gasteiger partial charge in [-0.05, 0) is 67.5 Å². The third-order valence-electron chi connectivity index (χ3n) is 5.93. The highest BCUT2D eigenvalue weighted by Crippen LogP contribution is 2.23. The Balaban J connectivity index is -0.0000000471. The molecule has 0 saturated heterocycles. The first-order chi connectivity index (χ1) is 16.0. The van der Waals surface area contributed by atoms with Gasteiger partial charge in [0.05, 0.1) is 0 Å². The standard InChI is InChI=1S/C7H16.C6H15N.C6H14.C5H12O.2C5H12.2CH4/c1-6(2)7(3,4)5;1-6(2)5-7(3)4;1-5(2)6(3)4;1-5(2)4-6-3;2*1-4-5(2)3;;/h6H,1-5H3;6H,5H2,1-4H3;5-6H,1-4H3;5H,4H2,1-3H3;2*5H,4H2,1-3H3;2*1H4. The molecule has 0 fully saturated rings. The Labute approximate surface area is 249 Å². The summed E-state index contributed by atoms with van der Waals surface area (Å²) in [6, 6.07) is 0. The van der Waals surface area contributed by atoms with Gasteiger partial charge in [0.1, 0.15) is 0 Å².